The lowest BCUT2D eigenvalue weighted by molar-refractivity contribution is 0.171. The first-order valence-electron chi connectivity index (χ1n) is 6.98. The zero-order chi connectivity index (χ0) is 15.0. The lowest BCUT2D eigenvalue weighted by Gasteiger charge is -2.21. The zero-order valence-corrected chi connectivity index (χ0v) is 12.9. The van der Waals surface area contributed by atoms with Crippen LogP contribution in [0.25, 0.3) is 0 Å². The first kappa shape index (κ1) is 14.2. The molecule has 0 radical (unpaired) electrons. The average Bonchev–Trinajstić information content (AvgIpc) is 2.50. The molecule has 0 fully saturated rings. The minimum absolute atomic E-state index is 0.285. The van der Waals surface area contributed by atoms with Gasteiger partial charge in [0.25, 0.3) is 0 Å². The molecule has 1 heterocycles. The Morgan fingerprint density at radius 1 is 1.00 bits per heavy atom. The Hall–Kier alpha value is -1.71. The van der Waals surface area contributed by atoms with Gasteiger partial charge in [-0.3, -0.25) is 0 Å². The van der Waals surface area contributed by atoms with Crippen LogP contribution in [0.4, 0.5) is 0 Å². The molecule has 1 aliphatic heterocycles. The van der Waals surface area contributed by atoms with E-state index in [0.717, 1.165) is 28.2 Å². The molecule has 0 spiro atoms. The van der Waals surface area contributed by atoms with E-state index in [-0.39, 0.29) is 6.04 Å². The van der Waals surface area contributed by atoms with E-state index in [1.807, 2.05) is 31.2 Å². The number of nitrogens with two attached hydrogens (primary N) is 1. The van der Waals surface area contributed by atoms with Gasteiger partial charge in [-0.2, -0.15) is 0 Å². The number of ether oxygens (including phenoxy) is 2. The van der Waals surface area contributed by atoms with Crippen LogP contribution in [0.15, 0.2) is 30.3 Å². The summed E-state index contributed by atoms with van der Waals surface area (Å²) in [5, 5.41) is 0.695. The number of hydrogen-bond donors (Lipinski definition) is 1. The molecule has 2 N–H and O–H groups in total. The van der Waals surface area contributed by atoms with Gasteiger partial charge in [0, 0.05) is 5.02 Å². The van der Waals surface area contributed by atoms with Crippen molar-refractivity contribution in [1.29, 1.82) is 0 Å². The van der Waals surface area contributed by atoms with Crippen molar-refractivity contribution in [1.82, 2.24) is 0 Å². The van der Waals surface area contributed by atoms with Crippen molar-refractivity contribution >= 4 is 11.6 Å². The minimum atomic E-state index is -0.285. The topological polar surface area (TPSA) is 44.5 Å². The second-order valence-electron chi connectivity index (χ2n) is 5.34. The molecule has 21 heavy (non-hydrogen) atoms. The highest BCUT2D eigenvalue weighted by Gasteiger charge is 2.18. The van der Waals surface area contributed by atoms with Crippen molar-refractivity contribution in [3.8, 4) is 11.5 Å². The third-order valence-electron chi connectivity index (χ3n) is 3.87. The fourth-order valence-corrected chi connectivity index (χ4v) is 2.81. The normalized spacial score (nSPS) is 14.9. The van der Waals surface area contributed by atoms with Crippen molar-refractivity contribution in [3.05, 3.63) is 57.6 Å². The Kier molecular flexibility index (Phi) is 3.79. The van der Waals surface area contributed by atoms with Crippen LogP contribution < -0.4 is 15.2 Å². The number of benzene rings is 2. The summed E-state index contributed by atoms with van der Waals surface area (Å²) >= 11 is 6.35. The van der Waals surface area contributed by atoms with Crippen LogP contribution in [0.1, 0.15) is 28.3 Å². The maximum absolute atomic E-state index is 6.39. The Balaban J connectivity index is 1.98. The van der Waals surface area contributed by atoms with Crippen LogP contribution in [-0.2, 0) is 0 Å². The van der Waals surface area contributed by atoms with E-state index in [0.29, 0.717) is 18.2 Å². The van der Waals surface area contributed by atoms with E-state index in [2.05, 4.69) is 13.0 Å². The van der Waals surface area contributed by atoms with Crippen molar-refractivity contribution in [2.24, 2.45) is 5.73 Å². The van der Waals surface area contributed by atoms with Crippen LogP contribution in [-0.4, -0.2) is 13.2 Å². The zero-order valence-electron chi connectivity index (χ0n) is 12.2. The molecule has 0 aliphatic carbocycles. The third-order valence-corrected chi connectivity index (χ3v) is 4.20. The van der Waals surface area contributed by atoms with Gasteiger partial charge in [-0.05, 0) is 54.3 Å². The summed E-state index contributed by atoms with van der Waals surface area (Å²) < 4.78 is 11.1. The van der Waals surface area contributed by atoms with Crippen molar-refractivity contribution in [3.63, 3.8) is 0 Å². The maximum atomic E-state index is 6.39. The number of hydrogen-bond acceptors (Lipinski definition) is 3. The first-order valence-corrected chi connectivity index (χ1v) is 7.36. The standard InChI is InChI=1S/C17H18ClNO2/c1-10-7-13(14(18)8-11(10)2)17(19)12-3-4-15-16(9-12)21-6-5-20-15/h3-4,7-9,17H,5-6,19H2,1-2H3. The molecule has 110 valence electrons. The number of aryl methyl sites for hydroxylation is 2. The molecule has 0 bridgehead atoms. The van der Waals surface area contributed by atoms with Gasteiger partial charge in [0.1, 0.15) is 13.2 Å². The lowest BCUT2D eigenvalue weighted by atomic mass is 9.96. The summed E-state index contributed by atoms with van der Waals surface area (Å²) in [6.45, 7) is 5.25. The highest BCUT2D eigenvalue weighted by atomic mass is 35.5. The quantitative estimate of drug-likeness (QED) is 0.918. The summed E-state index contributed by atoms with van der Waals surface area (Å²) in [5.74, 6) is 1.51. The second-order valence-corrected chi connectivity index (χ2v) is 5.75. The van der Waals surface area contributed by atoms with E-state index in [9.17, 15) is 0 Å². The summed E-state index contributed by atoms with van der Waals surface area (Å²) in [6.07, 6.45) is 0. The smallest absolute Gasteiger partial charge is 0.161 e. The summed E-state index contributed by atoms with van der Waals surface area (Å²) in [6, 6.07) is 9.53. The fourth-order valence-electron chi connectivity index (χ4n) is 2.47. The predicted octanol–water partition coefficient (Wildman–Crippen LogP) is 3.78. The summed E-state index contributed by atoms with van der Waals surface area (Å²) in [5.41, 5.74) is 10.6. The SMILES string of the molecule is Cc1cc(Cl)c(C(N)c2ccc3c(c2)OCCO3)cc1C. The van der Waals surface area contributed by atoms with E-state index >= 15 is 0 Å². The molecule has 0 saturated carbocycles. The molecule has 1 aliphatic rings. The number of fused-ring (bicyclic) bond motifs is 1. The molecule has 4 heteroatoms. The van der Waals surface area contributed by atoms with Crippen LogP contribution in [0.5, 0.6) is 11.5 Å². The van der Waals surface area contributed by atoms with Crippen LogP contribution in [0, 0.1) is 13.8 Å². The molecular formula is C17H18ClNO2. The van der Waals surface area contributed by atoms with E-state index in [4.69, 9.17) is 26.8 Å². The summed E-state index contributed by atoms with van der Waals surface area (Å²) in [4.78, 5) is 0. The largest absolute Gasteiger partial charge is 0.486 e. The van der Waals surface area contributed by atoms with E-state index < -0.39 is 0 Å². The van der Waals surface area contributed by atoms with Gasteiger partial charge >= 0.3 is 0 Å². The maximum Gasteiger partial charge on any atom is 0.161 e. The van der Waals surface area contributed by atoms with Gasteiger partial charge < -0.3 is 15.2 Å². The predicted molar refractivity (Wildman–Crippen MR) is 84.4 cm³/mol. The van der Waals surface area contributed by atoms with E-state index in [1.54, 1.807) is 0 Å². The van der Waals surface area contributed by atoms with Gasteiger partial charge in [0.15, 0.2) is 11.5 Å². The molecule has 0 saturated heterocycles. The Morgan fingerprint density at radius 2 is 1.67 bits per heavy atom. The lowest BCUT2D eigenvalue weighted by Crippen LogP contribution is -2.17. The van der Waals surface area contributed by atoms with Gasteiger partial charge in [-0.15, -0.1) is 0 Å². The molecule has 0 amide bonds. The van der Waals surface area contributed by atoms with E-state index in [1.165, 1.54) is 5.56 Å². The molecular weight excluding hydrogens is 286 g/mol. The van der Waals surface area contributed by atoms with Crippen molar-refractivity contribution < 1.29 is 9.47 Å². The Morgan fingerprint density at radius 3 is 2.43 bits per heavy atom. The van der Waals surface area contributed by atoms with Gasteiger partial charge in [-0.1, -0.05) is 23.7 Å². The second kappa shape index (κ2) is 5.58. The van der Waals surface area contributed by atoms with Crippen LogP contribution in [0.3, 0.4) is 0 Å². The molecule has 3 rings (SSSR count). The Bertz CT molecular complexity index is 685. The fraction of sp³-hybridized carbons (Fsp3) is 0.294. The molecule has 1 atom stereocenters. The Labute approximate surface area is 129 Å². The van der Waals surface area contributed by atoms with Gasteiger partial charge in [0.2, 0.25) is 0 Å². The number of rotatable bonds is 2. The highest BCUT2D eigenvalue weighted by Crippen LogP contribution is 2.35. The molecule has 0 aromatic heterocycles. The third kappa shape index (κ3) is 2.71. The molecule has 3 nitrogen and oxygen atoms in total. The summed E-state index contributed by atoms with van der Waals surface area (Å²) in [7, 11) is 0. The average molecular weight is 304 g/mol. The molecule has 2 aromatic carbocycles. The van der Waals surface area contributed by atoms with Crippen LogP contribution in [0.2, 0.25) is 5.02 Å². The number of halogens is 1. The van der Waals surface area contributed by atoms with Crippen molar-refractivity contribution in [2.45, 2.75) is 19.9 Å². The van der Waals surface area contributed by atoms with Crippen LogP contribution >= 0.6 is 11.6 Å². The molecule has 2 aromatic rings. The highest BCUT2D eigenvalue weighted by molar-refractivity contribution is 6.31. The van der Waals surface area contributed by atoms with Gasteiger partial charge in [0.05, 0.1) is 6.04 Å². The minimum Gasteiger partial charge on any atom is -0.486 e. The first-order chi connectivity index (χ1) is 10.1. The van der Waals surface area contributed by atoms with Gasteiger partial charge in [-0.25, -0.2) is 0 Å². The monoisotopic (exact) mass is 303 g/mol. The molecule has 1 unspecified atom stereocenters. The van der Waals surface area contributed by atoms with Crippen molar-refractivity contribution in [2.75, 3.05) is 13.2 Å².